The second-order valence-corrected chi connectivity index (χ2v) is 7.76. The van der Waals surface area contributed by atoms with Crippen LogP contribution in [0.15, 0.2) is 69.9 Å². The van der Waals surface area contributed by atoms with Gasteiger partial charge in [0.2, 0.25) is 5.75 Å². The molecule has 0 aliphatic heterocycles. The van der Waals surface area contributed by atoms with E-state index in [-0.39, 0.29) is 34.3 Å². The van der Waals surface area contributed by atoms with E-state index in [1.807, 2.05) is 0 Å². The molecule has 0 bridgehead atoms. The molecule has 0 spiro atoms. The highest BCUT2D eigenvalue weighted by Gasteiger charge is 2.31. The van der Waals surface area contributed by atoms with Gasteiger partial charge in [-0.3, -0.25) is 9.59 Å². The Kier molecular flexibility index (Phi) is 6.16. The number of rotatable bonds is 6. The van der Waals surface area contributed by atoms with Gasteiger partial charge in [0.1, 0.15) is 16.7 Å². The molecule has 4 aromatic rings. The lowest BCUT2D eigenvalue weighted by Crippen LogP contribution is -2.13. The van der Waals surface area contributed by atoms with Crippen LogP contribution in [0.5, 0.6) is 17.2 Å². The number of aromatic hydroxyl groups is 3. The fourth-order valence-electron chi connectivity index (χ4n) is 3.94. The van der Waals surface area contributed by atoms with E-state index in [0.29, 0.717) is 11.1 Å². The summed E-state index contributed by atoms with van der Waals surface area (Å²) in [6, 6.07) is 15.3. The van der Waals surface area contributed by atoms with E-state index >= 15 is 0 Å². The summed E-state index contributed by atoms with van der Waals surface area (Å²) in [5.74, 6) is -5.36. The predicted molar refractivity (Wildman–Crippen MR) is 125 cm³/mol. The topological polar surface area (TPSA) is 154 Å². The molecule has 9 nitrogen and oxygen atoms in total. The third kappa shape index (κ3) is 4.26. The van der Waals surface area contributed by atoms with Crippen LogP contribution in [0, 0.1) is 0 Å². The number of fused-ring (bicyclic) bond motifs is 1. The van der Waals surface area contributed by atoms with Crippen molar-refractivity contribution in [1.82, 2.24) is 0 Å². The number of benzene rings is 3. The molecular formula is C26H20O9. The van der Waals surface area contributed by atoms with Crippen LogP contribution in [-0.4, -0.2) is 39.5 Å². The Labute approximate surface area is 198 Å². The van der Waals surface area contributed by atoms with E-state index < -0.39 is 40.5 Å². The second kappa shape index (κ2) is 9.22. The van der Waals surface area contributed by atoms with Crippen molar-refractivity contribution in [3.63, 3.8) is 0 Å². The number of carbonyl (C=O) groups excluding carboxylic acids is 1. The molecule has 0 saturated carbocycles. The van der Waals surface area contributed by atoms with Crippen molar-refractivity contribution < 1.29 is 39.2 Å². The zero-order valence-corrected chi connectivity index (χ0v) is 18.4. The number of carboxylic acids is 1. The van der Waals surface area contributed by atoms with Gasteiger partial charge in [-0.1, -0.05) is 42.5 Å². The number of hydrogen-bond donors (Lipinski definition) is 4. The lowest BCUT2D eigenvalue weighted by molar-refractivity contribution is -0.140. The number of ether oxygens (including phenoxy) is 1. The van der Waals surface area contributed by atoms with Crippen molar-refractivity contribution in [2.45, 2.75) is 12.3 Å². The summed E-state index contributed by atoms with van der Waals surface area (Å²) in [7, 11) is 1.17. The van der Waals surface area contributed by atoms with Gasteiger partial charge < -0.3 is 29.6 Å². The third-order valence-electron chi connectivity index (χ3n) is 5.70. The Hall–Kier alpha value is -4.79. The fraction of sp³-hybridized carbons (Fsp3) is 0.115. The van der Waals surface area contributed by atoms with Crippen molar-refractivity contribution in [1.29, 1.82) is 0 Å². The zero-order chi connectivity index (χ0) is 25.3. The average molecular weight is 476 g/mol. The Morgan fingerprint density at radius 2 is 1.60 bits per heavy atom. The molecule has 0 radical (unpaired) electrons. The number of methoxy groups -OCH3 is 1. The van der Waals surface area contributed by atoms with Crippen molar-refractivity contribution in [2.24, 2.45) is 0 Å². The van der Waals surface area contributed by atoms with E-state index in [4.69, 9.17) is 9.15 Å². The molecule has 0 amide bonds. The minimum atomic E-state index is -1.16. The van der Waals surface area contributed by atoms with Crippen molar-refractivity contribution >= 4 is 22.9 Å². The highest BCUT2D eigenvalue weighted by Crippen LogP contribution is 2.49. The highest BCUT2D eigenvalue weighted by molar-refractivity contribution is 5.94. The summed E-state index contributed by atoms with van der Waals surface area (Å²) >= 11 is 0. The van der Waals surface area contributed by atoms with Gasteiger partial charge >= 0.3 is 11.9 Å². The third-order valence-corrected chi connectivity index (χ3v) is 5.70. The summed E-state index contributed by atoms with van der Waals surface area (Å²) in [6.45, 7) is 0. The summed E-state index contributed by atoms with van der Waals surface area (Å²) in [5.41, 5.74) is -0.156. The van der Waals surface area contributed by atoms with Crippen LogP contribution in [0.1, 0.15) is 33.8 Å². The number of esters is 1. The maximum absolute atomic E-state index is 13.0. The van der Waals surface area contributed by atoms with E-state index in [0.717, 1.165) is 6.07 Å². The van der Waals surface area contributed by atoms with Gasteiger partial charge in [-0.15, -0.1) is 0 Å². The first-order valence-corrected chi connectivity index (χ1v) is 10.4. The largest absolute Gasteiger partial charge is 0.504 e. The van der Waals surface area contributed by atoms with E-state index in [2.05, 4.69) is 0 Å². The van der Waals surface area contributed by atoms with Crippen LogP contribution >= 0.6 is 0 Å². The summed E-state index contributed by atoms with van der Waals surface area (Å²) in [6.07, 6.45) is -0.352. The molecule has 9 heteroatoms. The minimum Gasteiger partial charge on any atom is -0.504 e. The summed E-state index contributed by atoms with van der Waals surface area (Å²) < 4.78 is 10.8. The highest BCUT2D eigenvalue weighted by atomic mass is 16.5. The average Bonchev–Trinajstić information content (AvgIpc) is 2.86. The van der Waals surface area contributed by atoms with Crippen LogP contribution in [0.4, 0.5) is 0 Å². The molecule has 1 aromatic heterocycles. The maximum atomic E-state index is 13.0. The number of hydrogen-bond acceptors (Lipinski definition) is 8. The first-order chi connectivity index (χ1) is 16.7. The van der Waals surface area contributed by atoms with E-state index in [1.165, 1.54) is 31.4 Å². The van der Waals surface area contributed by atoms with Crippen molar-refractivity contribution in [3.05, 3.63) is 87.6 Å². The second-order valence-electron chi connectivity index (χ2n) is 7.76. The van der Waals surface area contributed by atoms with E-state index in [9.17, 15) is 34.8 Å². The van der Waals surface area contributed by atoms with Crippen LogP contribution in [0.25, 0.3) is 22.3 Å². The van der Waals surface area contributed by atoms with Crippen LogP contribution < -0.4 is 5.43 Å². The molecule has 0 aliphatic rings. The smallest absolute Gasteiger partial charge is 0.335 e. The lowest BCUT2D eigenvalue weighted by Gasteiger charge is -2.21. The Morgan fingerprint density at radius 3 is 2.20 bits per heavy atom. The van der Waals surface area contributed by atoms with Gasteiger partial charge in [0.05, 0.1) is 19.1 Å². The van der Waals surface area contributed by atoms with Gasteiger partial charge in [0.25, 0.3) is 0 Å². The Balaban J connectivity index is 2.06. The summed E-state index contributed by atoms with van der Waals surface area (Å²) in [4.78, 5) is 36.6. The molecule has 1 atom stereocenters. The monoisotopic (exact) mass is 476 g/mol. The molecule has 3 aromatic carbocycles. The molecule has 0 aliphatic carbocycles. The molecular weight excluding hydrogens is 456 g/mol. The molecule has 0 fully saturated rings. The summed E-state index contributed by atoms with van der Waals surface area (Å²) in [5, 5.41) is 40.6. The van der Waals surface area contributed by atoms with Gasteiger partial charge in [-0.25, -0.2) is 4.79 Å². The van der Waals surface area contributed by atoms with E-state index in [1.54, 1.807) is 30.3 Å². The van der Waals surface area contributed by atoms with Crippen molar-refractivity contribution in [3.8, 4) is 28.6 Å². The van der Waals surface area contributed by atoms with Crippen LogP contribution in [-0.2, 0) is 9.53 Å². The van der Waals surface area contributed by atoms with Crippen molar-refractivity contribution in [2.75, 3.05) is 7.11 Å². The van der Waals surface area contributed by atoms with Crippen LogP contribution in [0.3, 0.4) is 0 Å². The number of aromatic carboxylic acids is 1. The lowest BCUT2D eigenvalue weighted by atomic mass is 9.85. The molecule has 35 heavy (non-hydrogen) atoms. The fourth-order valence-corrected chi connectivity index (χ4v) is 3.94. The first kappa shape index (κ1) is 23.4. The molecule has 0 unspecified atom stereocenters. The SMILES string of the molecule is COC(=O)C[C@H](c1ccc(C(=O)O)cc1)c1c(O)c(O)c(O)c2c(=O)cc(-c3ccccc3)oc12. The van der Waals surface area contributed by atoms with Gasteiger partial charge in [-0.05, 0) is 17.7 Å². The Bertz CT molecular complexity index is 1490. The number of carboxylic acid groups (broad SMARTS) is 1. The maximum Gasteiger partial charge on any atom is 0.335 e. The molecule has 4 rings (SSSR count). The quantitative estimate of drug-likeness (QED) is 0.239. The molecule has 4 N–H and O–H groups in total. The van der Waals surface area contributed by atoms with Gasteiger partial charge in [-0.2, -0.15) is 0 Å². The standard InChI is InChI=1S/C26H20O9/c1-34-19(28)11-16(13-7-9-15(10-8-13)26(32)33)20-22(29)24(31)23(30)21-17(27)12-18(35-25(20)21)14-5-3-2-4-6-14/h2-10,12,16,29-31H,11H2,1H3,(H,32,33)/t16-/m1/s1. The predicted octanol–water partition coefficient (Wildman–Crippen LogP) is 3.97. The number of carbonyl (C=O) groups is 2. The van der Waals surface area contributed by atoms with Gasteiger partial charge in [0, 0.05) is 23.1 Å². The number of phenols is 3. The Morgan fingerprint density at radius 1 is 0.943 bits per heavy atom. The van der Waals surface area contributed by atoms with Gasteiger partial charge in [0.15, 0.2) is 16.9 Å². The molecule has 0 saturated heterocycles. The normalized spacial score (nSPS) is 11.8. The zero-order valence-electron chi connectivity index (χ0n) is 18.4. The number of phenolic OH excluding ortho intramolecular Hbond substituents is 3. The minimum absolute atomic E-state index is 0.00824. The molecule has 1 heterocycles. The first-order valence-electron chi connectivity index (χ1n) is 10.4. The van der Waals surface area contributed by atoms with Crippen LogP contribution in [0.2, 0.25) is 0 Å². The molecule has 178 valence electrons.